The van der Waals surface area contributed by atoms with Gasteiger partial charge < -0.3 is 19.2 Å². The van der Waals surface area contributed by atoms with Gasteiger partial charge in [-0.3, -0.25) is 4.79 Å². The summed E-state index contributed by atoms with van der Waals surface area (Å²) in [6, 6.07) is 13.3. The Labute approximate surface area is 157 Å². The van der Waals surface area contributed by atoms with Crippen LogP contribution < -0.4 is 14.8 Å². The molecule has 2 aromatic carbocycles. The summed E-state index contributed by atoms with van der Waals surface area (Å²) in [6.07, 6.45) is 1.12. The lowest BCUT2D eigenvalue weighted by Crippen LogP contribution is -2.15. The highest BCUT2D eigenvalue weighted by Gasteiger charge is 2.18. The fraction of sp³-hybridized carbons (Fsp3) is 0.238. The molecule has 138 valence electrons. The Morgan fingerprint density at radius 2 is 1.89 bits per heavy atom. The van der Waals surface area contributed by atoms with Crippen LogP contribution in [0.5, 0.6) is 11.5 Å². The second kappa shape index (κ2) is 7.15. The minimum atomic E-state index is -0.132. The molecule has 0 unspecified atom stereocenters. The van der Waals surface area contributed by atoms with Gasteiger partial charge in [0.05, 0.1) is 12.1 Å². The summed E-state index contributed by atoms with van der Waals surface area (Å²) in [6.45, 7) is 4.12. The summed E-state index contributed by atoms with van der Waals surface area (Å²) in [4.78, 5) is 16.8. The number of aryl methyl sites for hydroxylation is 2. The number of anilines is 1. The number of nitrogens with zero attached hydrogens (tertiary/aromatic N) is 1. The van der Waals surface area contributed by atoms with E-state index >= 15 is 0 Å². The third-order valence-corrected chi connectivity index (χ3v) is 4.49. The number of nitrogens with one attached hydrogen (secondary N) is 1. The molecule has 0 saturated heterocycles. The summed E-state index contributed by atoms with van der Waals surface area (Å²) in [5.74, 6) is 2.32. The highest BCUT2D eigenvalue weighted by molar-refractivity contribution is 5.92. The lowest BCUT2D eigenvalue weighted by atomic mass is 10.1. The van der Waals surface area contributed by atoms with Crippen LogP contribution in [0.15, 0.2) is 46.9 Å². The molecule has 3 aromatic rings. The molecule has 0 radical (unpaired) electrons. The van der Waals surface area contributed by atoms with Crippen LogP contribution in [-0.2, 0) is 17.6 Å². The summed E-state index contributed by atoms with van der Waals surface area (Å²) in [5.41, 5.74) is 3.40. The Kier molecular flexibility index (Phi) is 4.54. The maximum Gasteiger partial charge on any atom is 0.231 e. The highest BCUT2D eigenvalue weighted by atomic mass is 16.7. The number of carbonyl (C=O) groups excluding carboxylic acids is 1. The van der Waals surface area contributed by atoms with Gasteiger partial charge in [-0.2, -0.15) is 0 Å². The van der Waals surface area contributed by atoms with Crippen molar-refractivity contribution in [2.24, 2.45) is 0 Å². The molecule has 0 saturated carbocycles. The Morgan fingerprint density at radius 1 is 1.11 bits per heavy atom. The van der Waals surface area contributed by atoms with Crippen LogP contribution >= 0.6 is 0 Å². The van der Waals surface area contributed by atoms with Crippen molar-refractivity contribution in [1.82, 2.24) is 4.98 Å². The van der Waals surface area contributed by atoms with Gasteiger partial charge in [0.15, 0.2) is 11.5 Å². The molecule has 0 spiro atoms. The third kappa shape index (κ3) is 3.65. The second-order valence-corrected chi connectivity index (χ2v) is 6.37. The summed E-state index contributed by atoms with van der Waals surface area (Å²) < 4.78 is 16.5. The highest BCUT2D eigenvalue weighted by Crippen LogP contribution is 2.36. The van der Waals surface area contributed by atoms with Crippen LogP contribution in [-0.4, -0.2) is 17.7 Å². The van der Waals surface area contributed by atoms with Crippen molar-refractivity contribution < 1.29 is 18.7 Å². The number of amides is 1. The van der Waals surface area contributed by atoms with Crippen LogP contribution in [0.2, 0.25) is 0 Å². The summed E-state index contributed by atoms with van der Waals surface area (Å²) >= 11 is 0. The molecule has 4 rings (SSSR count). The first kappa shape index (κ1) is 17.1. The van der Waals surface area contributed by atoms with Gasteiger partial charge in [0, 0.05) is 11.3 Å². The number of ether oxygens (including phenoxy) is 2. The average molecular weight is 364 g/mol. The number of rotatable bonds is 5. The van der Waals surface area contributed by atoms with E-state index in [0.29, 0.717) is 28.8 Å². The van der Waals surface area contributed by atoms with Crippen molar-refractivity contribution in [3.8, 4) is 23.0 Å². The van der Waals surface area contributed by atoms with Crippen LogP contribution in [0.25, 0.3) is 11.5 Å². The zero-order valence-corrected chi connectivity index (χ0v) is 15.2. The van der Waals surface area contributed by atoms with Gasteiger partial charge in [-0.05, 0) is 49.2 Å². The largest absolute Gasteiger partial charge is 0.454 e. The van der Waals surface area contributed by atoms with E-state index in [1.807, 2.05) is 49.4 Å². The fourth-order valence-corrected chi connectivity index (χ4v) is 2.93. The Bertz CT molecular complexity index is 976. The van der Waals surface area contributed by atoms with E-state index in [1.54, 1.807) is 0 Å². The monoisotopic (exact) mass is 364 g/mol. The summed E-state index contributed by atoms with van der Waals surface area (Å²) in [5, 5.41) is 2.89. The molecule has 27 heavy (non-hydrogen) atoms. The lowest BCUT2D eigenvalue weighted by Gasteiger charge is -2.05. The van der Waals surface area contributed by atoms with E-state index in [9.17, 15) is 4.79 Å². The molecule has 1 aliphatic heterocycles. The van der Waals surface area contributed by atoms with Crippen molar-refractivity contribution >= 4 is 11.6 Å². The molecule has 0 atom stereocenters. The van der Waals surface area contributed by atoms with E-state index in [1.165, 1.54) is 5.56 Å². The molecule has 6 nitrogen and oxygen atoms in total. The number of fused-ring (bicyclic) bond motifs is 1. The predicted octanol–water partition coefficient (Wildman–Crippen LogP) is 4.12. The van der Waals surface area contributed by atoms with Gasteiger partial charge in [-0.15, -0.1) is 0 Å². The smallest absolute Gasteiger partial charge is 0.231 e. The molecule has 1 N–H and O–H groups in total. The van der Waals surface area contributed by atoms with Gasteiger partial charge >= 0.3 is 0 Å². The van der Waals surface area contributed by atoms with E-state index < -0.39 is 0 Å². The van der Waals surface area contributed by atoms with Crippen LogP contribution in [0, 0.1) is 6.92 Å². The van der Waals surface area contributed by atoms with Crippen LogP contribution in [0.4, 0.5) is 5.69 Å². The second-order valence-electron chi connectivity index (χ2n) is 6.37. The van der Waals surface area contributed by atoms with Gasteiger partial charge in [0.25, 0.3) is 0 Å². The molecule has 1 amide bonds. The predicted molar refractivity (Wildman–Crippen MR) is 101 cm³/mol. The molecular formula is C21H20N2O4. The zero-order valence-electron chi connectivity index (χ0n) is 15.2. The maximum atomic E-state index is 12.4. The Balaban J connectivity index is 1.47. The van der Waals surface area contributed by atoms with Crippen molar-refractivity contribution in [3.05, 3.63) is 59.5 Å². The summed E-state index contributed by atoms with van der Waals surface area (Å²) in [7, 11) is 0. The first-order chi connectivity index (χ1) is 13.1. The normalized spacial score (nSPS) is 12.2. The lowest BCUT2D eigenvalue weighted by molar-refractivity contribution is -0.115. The van der Waals surface area contributed by atoms with Crippen molar-refractivity contribution in [2.45, 2.75) is 26.7 Å². The van der Waals surface area contributed by atoms with E-state index in [4.69, 9.17) is 13.9 Å². The van der Waals surface area contributed by atoms with Crippen molar-refractivity contribution in [1.29, 1.82) is 0 Å². The van der Waals surface area contributed by atoms with E-state index in [2.05, 4.69) is 17.2 Å². The van der Waals surface area contributed by atoms with Gasteiger partial charge in [0.2, 0.25) is 18.6 Å². The first-order valence-electron chi connectivity index (χ1n) is 8.87. The molecule has 0 bridgehead atoms. The number of aromatic nitrogens is 1. The van der Waals surface area contributed by atoms with Gasteiger partial charge in [-0.25, -0.2) is 4.98 Å². The van der Waals surface area contributed by atoms with Crippen LogP contribution in [0.1, 0.15) is 23.9 Å². The molecule has 1 aromatic heterocycles. The molecule has 2 heterocycles. The number of hydrogen-bond donors (Lipinski definition) is 1. The van der Waals surface area contributed by atoms with Gasteiger partial charge in [0.1, 0.15) is 5.76 Å². The van der Waals surface area contributed by atoms with E-state index in [-0.39, 0.29) is 19.1 Å². The Morgan fingerprint density at radius 3 is 2.67 bits per heavy atom. The number of oxazole rings is 1. The van der Waals surface area contributed by atoms with Crippen molar-refractivity contribution in [3.63, 3.8) is 0 Å². The topological polar surface area (TPSA) is 73.6 Å². The molecule has 6 heteroatoms. The number of benzene rings is 2. The number of carbonyl (C=O) groups is 1. The molecule has 1 aliphatic rings. The molecule has 0 aliphatic carbocycles. The van der Waals surface area contributed by atoms with E-state index in [0.717, 1.165) is 17.7 Å². The van der Waals surface area contributed by atoms with Crippen molar-refractivity contribution in [2.75, 3.05) is 12.1 Å². The molecule has 0 fully saturated rings. The average Bonchev–Trinajstić information content (AvgIpc) is 3.28. The first-order valence-corrected chi connectivity index (χ1v) is 8.87. The standard InChI is InChI=1S/C21H20N2O4/c1-3-14-4-7-16(8-5-14)22-20(24)11-17-13(2)27-21(23-17)15-6-9-18-19(10-15)26-12-25-18/h4-10H,3,11-12H2,1-2H3,(H,22,24). The SMILES string of the molecule is CCc1ccc(NC(=O)Cc2nc(-c3ccc4c(c3)OCO4)oc2C)cc1. The minimum Gasteiger partial charge on any atom is -0.454 e. The minimum absolute atomic E-state index is 0.132. The fourth-order valence-electron chi connectivity index (χ4n) is 2.93. The third-order valence-electron chi connectivity index (χ3n) is 4.49. The quantitative estimate of drug-likeness (QED) is 0.737. The van der Waals surface area contributed by atoms with Gasteiger partial charge in [-0.1, -0.05) is 19.1 Å². The number of hydrogen-bond acceptors (Lipinski definition) is 5. The molecular weight excluding hydrogens is 344 g/mol. The van der Waals surface area contributed by atoms with Crippen LogP contribution in [0.3, 0.4) is 0 Å². The zero-order chi connectivity index (χ0) is 18.8. The maximum absolute atomic E-state index is 12.4. The Hall–Kier alpha value is -3.28.